The third-order valence-corrected chi connectivity index (χ3v) is 1.24. The summed E-state index contributed by atoms with van der Waals surface area (Å²) in [7, 11) is 0. The maximum atomic E-state index is 7.13. The van der Waals surface area contributed by atoms with Gasteiger partial charge in [0.25, 0.3) is 0 Å². The van der Waals surface area contributed by atoms with Gasteiger partial charge in [-0.3, -0.25) is 0 Å². The standard InChI is InChI=1S/C4H8N2S4.CNS.2Cu/c7-3(8)5-1-2-6-4(9)10;2-1-3;;/h1-2H2,(H2,5,7,8)(H2,6,9,10);;;/q;-1;+1;+2/p-2. The van der Waals surface area contributed by atoms with Gasteiger partial charge in [0.2, 0.25) is 0 Å². The van der Waals surface area contributed by atoms with E-state index in [1.807, 2.05) is 0 Å². The Bertz CT molecular complexity index is 191. The Morgan fingerprint density at radius 1 is 1.13 bits per heavy atom. The van der Waals surface area contributed by atoms with E-state index < -0.39 is 0 Å². The first-order valence-corrected chi connectivity index (χ1v) is 4.99. The van der Waals surface area contributed by atoms with Gasteiger partial charge >= 0.3 is 34.1 Å². The number of nitrogens with one attached hydrogen (secondary N) is 2. The number of rotatable bonds is 3. The van der Waals surface area contributed by atoms with Crippen molar-refractivity contribution < 1.29 is 34.1 Å². The van der Waals surface area contributed by atoms with Crippen LogP contribution in [0.15, 0.2) is 0 Å². The van der Waals surface area contributed by atoms with Crippen LogP contribution in [0.1, 0.15) is 0 Å². The SMILES string of the molecule is S=C([S-])NCCNC(=S)[S-].[Cu+2].[Cu+].[N-]=C=S. The molecule has 0 aromatic carbocycles. The van der Waals surface area contributed by atoms with E-state index in [2.05, 4.69) is 72.5 Å². The van der Waals surface area contributed by atoms with Crippen LogP contribution in [0.4, 0.5) is 0 Å². The fourth-order valence-corrected chi connectivity index (χ4v) is 0.737. The maximum Gasteiger partial charge on any atom is 2.00 e. The normalized spacial score (nSPS) is 6.13. The van der Waals surface area contributed by atoms with E-state index in [4.69, 9.17) is 5.41 Å². The Morgan fingerprint density at radius 3 is 1.47 bits per heavy atom. The molecule has 0 atom stereocenters. The molecule has 0 aromatic heterocycles. The third-order valence-electron chi connectivity index (χ3n) is 0.664. The van der Waals surface area contributed by atoms with Crippen LogP contribution in [0.25, 0.3) is 5.41 Å². The van der Waals surface area contributed by atoms with E-state index in [-0.39, 0.29) is 34.1 Å². The van der Waals surface area contributed by atoms with E-state index in [9.17, 15) is 0 Å². The van der Waals surface area contributed by atoms with Gasteiger partial charge in [-0.05, 0) is 0 Å². The summed E-state index contributed by atoms with van der Waals surface area (Å²) in [4.78, 5) is 0. The summed E-state index contributed by atoms with van der Waals surface area (Å²) in [6.45, 7) is 1.33. The largest absolute Gasteiger partial charge is 2.00 e. The maximum absolute atomic E-state index is 7.13. The average molecular weight is 396 g/mol. The molecule has 10 heteroatoms. The van der Waals surface area contributed by atoms with Crippen LogP contribution < -0.4 is 10.6 Å². The quantitative estimate of drug-likeness (QED) is 0.237. The Hall–Kier alpha value is 1.06. The van der Waals surface area contributed by atoms with Gasteiger partial charge in [0.15, 0.2) is 0 Å². The molecule has 0 fully saturated rings. The molecule has 93 valence electrons. The van der Waals surface area contributed by atoms with Crippen molar-refractivity contribution in [2.45, 2.75) is 0 Å². The minimum Gasteiger partial charge on any atom is -0.753 e. The van der Waals surface area contributed by atoms with Crippen molar-refractivity contribution in [1.82, 2.24) is 10.6 Å². The molecule has 0 heterocycles. The monoisotopic (exact) mass is 394 g/mol. The second-order valence-electron chi connectivity index (χ2n) is 1.52. The van der Waals surface area contributed by atoms with Crippen molar-refractivity contribution in [2.24, 2.45) is 0 Å². The predicted molar refractivity (Wildman–Crippen MR) is 71.9 cm³/mol. The molecule has 15 heavy (non-hydrogen) atoms. The average Bonchev–Trinajstić information content (AvgIpc) is 1.99. The number of hydrogen-bond acceptors (Lipinski definition) is 5. The van der Waals surface area contributed by atoms with Crippen molar-refractivity contribution in [2.75, 3.05) is 13.1 Å². The van der Waals surface area contributed by atoms with Crippen LogP contribution in [0.5, 0.6) is 0 Å². The van der Waals surface area contributed by atoms with Crippen LogP contribution in [0, 0.1) is 0 Å². The predicted octanol–water partition coefficient (Wildman–Crippen LogP) is 0.483. The summed E-state index contributed by atoms with van der Waals surface area (Å²) in [5.41, 5.74) is 0. The summed E-state index contributed by atoms with van der Waals surface area (Å²) in [5.74, 6) is 0. The summed E-state index contributed by atoms with van der Waals surface area (Å²) < 4.78 is 0.745. The molecule has 0 amide bonds. The van der Waals surface area contributed by atoms with Gasteiger partial charge in [0.1, 0.15) is 0 Å². The van der Waals surface area contributed by atoms with Crippen LogP contribution in [0.2, 0.25) is 0 Å². The van der Waals surface area contributed by atoms with Gasteiger partial charge in [-0.15, -0.1) is 0 Å². The fourth-order valence-electron chi connectivity index (χ4n) is 0.329. The first kappa shape index (κ1) is 25.0. The Balaban J connectivity index is -0.000000108. The smallest absolute Gasteiger partial charge is 0.753 e. The Kier molecular flexibility index (Phi) is 34.2. The molecule has 0 rings (SSSR count). The van der Waals surface area contributed by atoms with Crippen molar-refractivity contribution in [3.05, 3.63) is 5.41 Å². The van der Waals surface area contributed by atoms with Gasteiger partial charge in [-0.25, -0.2) is 0 Å². The molecule has 0 saturated heterocycles. The van der Waals surface area contributed by atoms with Crippen LogP contribution in [0.3, 0.4) is 0 Å². The summed E-state index contributed by atoms with van der Waals surface area (Å²) in [5, 5.41) is 14.0. The van der Waals surface area contributed by atoms with Gasteiger partial charge in [0.05, 0.1) is 0 Å². The molecule has 0 aromatic rings. The Morgan fingerprint density at radius 2 is 1.33 bits per heavy atom. The van der Waals surface area contributed by atoms with Gasteiger partial charge in [-0.1, -0.05) is 20.9 Å². The van der Waals surface area contributed by atoms with Crippen LogP contribution in [-0.4, -0.2) is 26.9 Å². The molecule has 2 N–H and O–H groups in total. The molecule has 3 nitrogen and oxygen atoms in total. The van der Waals surface area contributed by atoms with E-state index in [0.29, 0.717) is 21.7 Å². The van der Waals surface area contributed by atoms with Crippen molar-refractivity contribution in [1.29, 1.82) is 0 Å². The van der Waals surface area contributed by atoms with Crippen LogP contribution >= 0.6 is 36.7 Å². The number of isothiocyanates is 1. The van der Waals surface area contributed by atoms with Gasteiger partial charge in [-0.2, -0.15) is 5.16 Å². The molecule has 0 aliphatic rings. The van der Waals surface area contributed by atoms with E-state index in [1.165, 1.54) is 5.16 Å². The zero-order chi connectivity index (χ0) is 10.7. The minimum absolute atomic E-state index is 0. The first-order chi connectivity index (χ1) is 6.04. The van der Waals surface area contributed by atoms with Crippen molar-refractivity contribution in [3.63, 3.8) is 0 Å². The van der Waals surface area contributed by atoms with E-state index in [1.54, 1.807) is 0 Å². The molecular weight excluding hydrogens is 390 g/mol. The van der Waals surface area contributed by atoms with Gasteiger partial charge in [0, 0.05) is 13.1 Å². The van der Waals surface area contributed by atoms with Crippen molar-refractivity contribution >= 4 is 75.7 Å². The first-order valence-electron chi connectivity index (χ1n) is 2.95. The molecule has 0 bridgehead atoms. The van der Waals surface area contributed by atoms with E-state index in [0.717, 1.165) is 0 Å². The number of thiocarbonyl (C=S) groups is 3. The summed E-state index contributed by atoms with van der Waals surface area (Å²) >= 11 is 22.1. The van der Waals surface area contributed by atoms with Crippen LogP contribution in [-0.2, 0) is 59.4 Å². The molecule has 0 saturated carbocycles. The van der Waals surface area contributed by atoms with Gasteiger partial charge < -0.3 is 65.7 Å². The molecule has 0 unspecified atom stereocenters. The number of nitrogens with zero attached hydrogens (tertiary/aromatic N) is 1. The molecule has 0 aliphatic heterocycles. The van der Waals surface area contributed by atoms with Crippen molar-refractivity contribution in [3.8, 4) is 0 Å². The molecular formula is C5H6Cu2N3S5. The number of hydrogen-bond donors (Lipinski definition) is 2. The zero-order valence-electron chi connectivity index (χ0n) is 7.01. The summed E-state index contributed by atoms with van der Waals surface area (Å²) in [6.07, 6.45) is 0. The fraction of sp³-hybridized carbons (Fsp3) is 0.400. The molecule has 1 radical (unpaired) electrons. The Labute approximate surface area is 138 Å². The zero-order valence-corrected chi connectivity index (χ0v) is 13.0. The minimum atomic E-state index is 0. The third kappa shape index (κ3) is 39.5. The molecule has 0 spiro atoms. The second-order valence-corrected chi connectivity index (χ2v) is 3.85. The van der Waals surface area contributed by atoms with E-state index >= 15 is 0 Å². The topological polar surface area (TPSA) is 46.4 Å². The molecule has 0 aliphatic carbocycles. The second kappa shape index (κ2) is 20.5. The summed E-state index contributed by atoms with van der Waals surface area (Å²) in [6, 6.07) is 0.